The minimum absolute atomic E-state index is 0.0570. The molecule has 8 nitrogen and oxygen atoms in total. The summed E-state index contributed by atoms with van der Waals surface area (Å²) in [6, 6.07) is 22.1. The Balaban J connectivity index is 1.51. The van der Waals surface area contributed by atoms with Gasteiger partial charge in [-0.3, -0.25) is 20.1 Å². The first-order chi connectivity index (χ1) is 16.2. The number of hydrogen-bond acceptors (Lipinski definition) is 7. The molecule has 166 valence electrons. The topological polar surface area (TPSA) is 106 Å². The Hall–Kier alpha value is -4.03. The second-order valence-electron chi connectivity index (χ2n) is 7.24. The fourth-order valence-corrected chi connectivity index (χ4v) is 3.47. The van der Waals surface area contributed by atoms with Crippen molar-refractivity contribution in [2.45, 2.75) is 11.7 Å². The Morgan fingerprint density at radius 3 is 2.58 bits per heavy atom. The SMILES string of the molecule is COCOC(C#N)(c1ccccc1)c1ccc(NC(=O)C2C=C(c3cccnc3)NO2)cc1. The van der Waals surface area contributed by atoms with E-state index in [-0.39, 0.29) is 12.7 Å². The maximum absolute atomic E-state index is 12.7. The number of methoxy groups -OCH3 is 1. The molecule has 0 aliphatic carbocycles. The number of pyridine rings is 1. The molecule has 2 heterocycles. The first-order valence-corrected chi connectivity index (χ1v) is 10.2. The van der Waals surface area contributed by atoms with Gasteiger partial charge in [-0.1, -0.05) is 42.5 Å². The van der Waals surface area contributed by atoms with Crippen LogP contribution in [-0.4, -0.2) is 30.9 Å². The van der Waals surface area contributed by atoms with Gasteiger partial charge in [0, 0.05) is 41.9 Å². The van der Waals surface area contributed by atoms with Crippen molar-refractivity contribution in [1.82, 2.24) is 10.5 Å². The summed E-state index contributed by atoms with van der Waals surface area (Å²) in [7, 11) is 1.50. The summed E-state index contributed by atoms with van der Waals surface area (Å²) in [5.41, 5.74) is 4.76. The van der Waals surface area contributed by atoms with Crippen molar-refractivity contribution in [1.29, 1.82) is 5.26 Å². The highest BCUT2D eigenvalue weighted by atomic mass is 16.7. The lowest BCUT2D eigenvalue weighted by Crippen LogP contribution is -2.31. The number of anilines is 1. The molecule has 4 rings (SSSR count). The summed E-state index contributed by atoms with van der Waals surface area (Å²) >= 11 is 0. The zero-order chi connectivity index (χ0) is 23.1. The predicted octanol–water partition coefficient (Wildman–Crippen LogP) is 3.35. The molecule has 0 saturated carbocycles. The molecule has 0 saturated heterocycles. The first-order valence-electron chi connectivity index (χ1n) is 10.2. The third kappa shape index (κ3) is 4.76. The van der Waals surface area contributed by atoms with Crippen LogP contribution in [0.1, 0.15) is 16.7 Å². The van der Waals surface area contributed by atoms with Crippen LogP contribution < -0.4 is 10.8 Å². The van der Waals surface area contributed by atoms with E-state index in [9.17, 15) is 10.1 Å². The van der Waals surface area contributed by atoms with Crippen molar-refractivity contribution < 1.29 is 19.1 Å². The zero-order valence-corrected chi connectivity index (χ0v) is 17.9. The number of hydroxylamine groups is 1. The van der Waals surface area contributed by atoms with Gasteiger partial charge in [-0.05, 0) is 30.3 Å². The van der Waals surface area contributed by atoms with E-state index in [1.807, 2.05) is 36.4 Å². The van der Waals surface area contributed by atoms with Crippen molar-refractivity contribution in [2.75, 3.05) is 19.2 Å². The van der Waals surface area contributed by atoms with Gasteiger partial charge < -0.3 is 14.8 Å². The molecular weight excluding hydrogens is 420 g/mol. The molecule has 33 heavy (non-hydrogen) atoms. The molecule has 0 radical (unpaired) electrons. The Morgan fingerprint density at radius 2 is 1.91 bits per heavy atom. The maximum atomic E-state index is 12.7. The lowest BCUT2D eigenvalue weighted by molar-refractivity contribution is -0.125. The highest BCUT2D eigenvalue weighted by Gasteiger charge is 2.36. The van der Waals surface area contributed by atoms with Gasteiger partial charge in [0.1, 0.15) is 12.9 Å². The van der Waals surface area contributed by atoms with Gasteiger partial charge in [-0.25, -0.2) is 0 Å². The van der Waals surface area contributed by atoms with Crippen molar-refractivity contribution in [3.8, 4) is 6.07 Å². The zero-order valence-electron chi connectivity index (χ0n) is 17.9. The highest BCUT2D eigenvalue weighted by Crippen LogP contribution is 2.34. The van der Waals surface area contributed by atoms with Crippen LogP contribution >= 0.6 is 0 Å². The van der Waals surface area contributed by atoms with Crippen LogP contribution in [0.3, 0.4) is 0 Å². The summed E-state index contributed by atoms with van der Waals surface area (Å²) in [5, 5.41) is 12.9. The number of carbonyl (C=O) groups excluding carboxylic acids is 1. The van der Waals surface area contributed by atoms with Gasteiger partial charge in [0.15, 0.2) is 6.10 Å². The number of carbonyl (C=O) groups is 1. The van der Waals surface area contributed by atoms with E-state index in [2.05, 4.69) is 21.9 Å². The molecule has 2 unspecified atom stereocenters. The third-order valence-electron chi connectivity index (χ3n) is 5.13. The van der Waals surface area contributed by atoms with E-state index in [1.165, 1.54) is 7.11 Å². The molecule has 0 bridgehead atoms. The Kier molecular flexibility index (Phi) is 6.76. The number of nitrogens with one attached hydrogen (secondary N) is 2. The van der Waals surface area contributed by atoms with Crippen LogP contribution in [0, 0.1) is 11.3 Å². The predicted molar refractivity (Wildman–Crippen MR) is 121 cm³/mol. The largest absolute Gasteiger partial charge is 0.359 e. The van der Waals surface area contributed by atoms with Crippen LogP contribution in [0.15, 0.2) is 85.2 Å². The molecule has 8 heteroatoms. The number of nitrogens with zero attached hydrogens (tertiary/aromatic N) is 2. The minimum Gasteiger partial charge on any atom is -0.359 e. The molecule has 1 aliphatic heterocycles. The number of nitriles is 1. The van der Waals surface area contributed by atoms with Crippen molar-refractivity contribution in [3.63, 3.8) is 0 Å². The number of aromatic nitrogens is 1. The van der Waals surface area contributed by atoms with Gasteiger partial charge >= 0.3 is 0 Å². The number of amides is 1. The fraction of sp³-hybridized carbons (Fsp3) is 0.160. The van der Waals surface area contributed by atoms with Crippen molar-refractivity contribution in [2.24, 2.45) is 0 Å². The summed E-state index contributed by atoms with van der Waals surface area (Å²) in [6.07, 6.45) is 4.25. The van der Waals surface area contributed by atoms with Crippen LogP contribution in [0.4, 0.5) is 5.69 Å². The standard InChI is InChI=1S/C25H22N4O4/c1-31-17-32-25(16-26,19-7-3-2-4-8-19)20-9-11-21(12-10-20)28-24(30)23-14-22(29-33-23)18-6-5-13-27-15-18/h2-15,23,29H,17H2,1H3,(H,28,30). The van der Waals surface area contributed by atoms with E-state index in [0.717, 1.165) is 5.56 Å². The van der Waals surface area contributed by atoms with E-state index in [4.69, 9.17) is 14.3 Å². The number of rotatable bonds is 8. The minimum atomic E-state index is -1.35. The summed E-state index contributed by atoms with van der Waals surface area (Å²) < 4.78 is 10.9. The van der Waals surface area contributed by atoms with Gasteiger partial charge in [0.25, 0.3) is 5.91 Å². The van der Waals surface area contributed by atoms with E-state index >= 15 is 0 Å². The first kappa shape index (κ1) is 22.2. The van der Waals surface area contributed by atoms with Crippen LogP contribution in [0.2, 0.25) is 0 Å². The third-order valence-corrected chi connectivity index (χ3v) is 5.13. The molecule has 2 N–H and O–H groups in total. The molecule has 0 spiro atoms. The highest BCUT2D eigenvalue weighted by molar-refractivity contribution is 5.97. The number of hydrogen-bond donors (Lipinski definition) is 2. The monoisotopic (exact) mass is 442 g/mol. The molecule has 3 aromatic rings. The molecule has 0 fully saturated rings. The quantitative estimate of drug-likeness (QED) is 0.516. The van der Waals surface area contributed by atoms with Crippen LogP contribution in [-0.2, 0) is 24.7 Å². The van der Waals surface area contributed by atoms with E-state index < -0.39 is 11.7 Å². The number of ether oxygens (including phenoxy) is 2. The molecule has 1 amide bonds. The summed E-state index contributed by atoms with van der Waals surface area (Å²) in [4.78, 5) is 22.1. The Bertz CT molecular complexity index is 1160. The molecule has 1 aliphatic rings. The van der Waals surface area contributed by atoms with Crippen molar-refractivity contribution >= 4 is 17.3 Å². The number of benzene rings is 2. The van der Waals surface area contributed by atoms with E-state index in [1.54, 1.807) is 48.8 Å². The van der Waals surface area contributed by atoms with Gasteiger partial charge in [0.05, 0.1) is 5.70 Å². The Morgan fingerprint density at radius 1 is 1.15 bits per heavy atom. The fourth-order valence-electron chi connectivity index (χ4n) is 3.47. The summed E-state index contributed by atoms with van der Waals surface area (Å²) in [6.45, 7) is -0.0570. The second-order valence-corrected chi connectivity index (χ2v) is 7.24. The molecule has 2 aromatic carbocycles. The van der Waals surface area contributed by atoms with Crippen molar-refractivity contribution in [3.05, 3.63) is 102 Å². The van der Waals surface area contributed by atoms with Crippen LogP contribution in [0.25, 0.3) is 5.70 Å². The maximum Gasteiger partial charge on any atom is 0.260 e. The van der Waals surface area contributed by atoms with Gasteiger partial charge in [-0.2, -0.15) is 5.26 Å². The molecular formula is C25H22N4O4. The lowest BCUT2D eigenvalue weighted by atomic mass is 9.87. The molecule has 2 atom stereocenters. The second kappa shape index (κ2) is 10.1. The average molecular weight is 442 g/mol. The smallest absolute Gasteiger partial charge is 0.260 e. The summed E-state index contributed by atoms with van der Waals surface area (Å²) in [5.74, 6) is -0.334. The van der Waals surface area contributed by atoms with Crippen LogP contribution in [0.5, 0.6) is 0 Å². The lowest BCUT2D eigenvalue weighted by Gasteiger charge is -2.27. The normalized spacial score (nSPS) is 16.7. The van der Waals surface area contributed by atoms with Gasteiger partial charge in [-0.15, -0.1) is 0 Å². The Labute approximate surface area is 191 Å². The average Bonchev–Trinajstić information content (AvgIpc) is 3.38. The van der Waals surface area contributed by atoms with E-state index in [0.29, 0.717) is 22.5 Å². The molecule has 1 aromatic heterocycles. The van der Waals surface area contributed by atoms with Gasteiger partial charge in [0.2, 0.25) is 5.60 Å².